The summed E-state index contributed by atoms with van der Waals surface area (Å²) < 4.78 is 39.9. The Balaban J connectivity index is 0.000000697. The highest BCUT2D eigenvalue weighted by molar-refractivity contribution is 7.89. The van der Waals surface area contributed by atoms with Crippen molar-refractivity contribution in [3.63, 3.8) is 0 Å². The zero-order chi connectivity index (χ0) is 27.1. The molecule has 0 bridgehead atoms. The predicted molar refractivity (Wildman–Crippen MR) is 133 cm³/mol. The van der Waals surface area contributed by atoms with Crippen LogP contribution < -0.4 is 24.7 Å². The average molecular weight is 525 g/mol. The largest absolute Gasteiger partial charge is 0.495 e. The Hall–Kier alpha value is -3.61. The van der Waals surface area contributed by atoms with Gasteiger partial charge in [0.2, 0.25) is 10.0 Å². The first-order valence-electron chi connectivity index (χ1n) is 10.9. The number of nitrogens with two attached hydrogens (primary N) is 1. The quantitative estimate of drug-likeness (QED) is 0.224. The lowest BCUT2D eigenvalue weighted by Gasteiger charge is -2.16. The van der Waals surface area contributed by atoms with Crippen LogP contribution in [0.3, 0.4) is 0 Å². The van der Waals surface area contributed by atoms with Crippen molar-refractivity contribution in [3.05, 3.63) is 60.2 Å². The molecule has 0 aromatic heterocycles. The molecule has 0 aliphatic carbocycles. The summed E-state index contributed by atoms with van der Waals surface area (Å²) in [5, 5.41) is 24.3. The fourth-order valence-electron chi connectivity index (χ4n) is 2.95. The first kappa shape index (κ1) is 30.4. The van der Waals surface area contributed by atoms with Gasteiger partial charge in [0.25, 0.3) is 0 Å². The molecule has 1 atom stereocenters. The van der Waals surface area contributed by atoms with Crippen LogP contribution in [0.25, 0.3) is 0 Å². The summed E-state index contributed by atoms with van der Waals surface area (Å²) in [6.07, 6.45) is 1.76. The first-order chi connectivity index (χ1) is 17.0. The van der Waals surface area contributed by atoms with E-state index in [0.717, 1.165) is 11.3 Å². The van der Waals surface area contributed by atoms with Gasteiger partial charge < -0.3 is 29.7 Å². The number of hydrogen-bond acceptors (Lipinski definition) is 8. The van der Waals surface area contributed by atoms with Crippen molar-refractivity contribution in [1.29, 1.82) is 0 Å². The predicted octanol–water partition coefficient (Wildman–Crippen LogP) is 2.05. The Labute approximate surface area is 210 Å². The maximum atomic E-state index is 11.7. The molecule has 0 fully saturated rings. The van der Waals surface area contributed by atoms with Crippen molar-refractivity contribution in [1.82, 2.24) is 5.32 Å². The molecule has 2 rings (SSSR count). The molecule has 0 spiro atoms. The summed E-state index contributed by atoms with van der Waals surface area (Å²) in [7, 11) is -2.43. The van der Waals surface area contributed by atoms with Crippen LogP contribution >= 0.6 is 0 Å². The maximum absolute atomic E-state index is 11.7. The van der Waals surface area contributed by atoms with Crippen LogP contribution in [0.1, 0.15) is 19.4 Å². The van der Waals surface area contributed by atoms with E-state index in [2.05, 4.69) is 5.32 Å². The summed E-state index contributed by atoms with van der Waals surface area (Å²) in [5.74, 6) is -0.827. The van der Waals surface area contributed by atoms with E-state index in [-0.39, 0.29) is 16.7 Å². The number of carboxylic acid groups (broad SMARTS) is 2. The molecule has 0 heterocycles. The standard InChI is InChI=1S/C20H28N2O5S.C4H4O4/c1-4-26-17-7-5-6-8-18(17)27-12-11-22-15(2)13-16-9-10-19(25-3)20(14-16)28(21,23)24;5-3(6)1-2-4(7)8/h5-10,14-15,22H,4,11-13H2,1-3H3,(H2,21,23,24);1-2H,(H,5,6)(H,7,8)/b;2-1+/t15-;/m1./s1. The van der Waals surface area contributed by atoms with E-state index in [1.54, 1.807) is 12.1 Å². The summed E-state index contributed by atoms with van der Waals surface area (Å²) in [6.45, 7) is 5.66. The Bertz CT molecular complexity index is 1120. The molecule has 198 valence electrons. The molecule has 0 radical (unpaired) electrons. The molecule has 0 aliphatic rings. The van der Waals surface area contributed by atoms with E-state index >= 15 is 0 Å². The zero-order valence-corrected chi connectivity index (χ0v) is 21.2. The van der Waals surface area contributed by atoms with Gasteiger partial charge in [-0.3, -0.25) is 0 Å². The number of carbonyl (C=O) groups is 2. The van der Waals surface area contributed by atoms with Crippen LogP contribution in [0.4, 0.5) is 0 Å². The van der Waals surface area contributed by atoms with Crippen molar-refractivity contribution in [2.24, 2.45) is 5.14 Å². The Morgan fingerprint density at radius 2 is 1.61 bits per heavy atom. The van der Waals surface area contributed by atoms with Gasteiger partial charge >= 0.3 is 11.9 Å². The molecule has 5 N–H and O–H groups in total. The number of benzene rings is 2. The molecule has 2 aromatic carbocycles. The smallest absolute Gasteiger partial charge is 0.328 e. The highest BCUT2D eigenvalue weighted by atomic mass is 32.2. The van der Waals surface area contributed by atoms with Gasteiger partial charge in [-0.05, 0) is 50.1 Å². The highest BCUT2D eigenvalue weighted by Gasteiger charge is 2.16. The molecule has 12 heteroatoms. The Morgan fingerprint density at radius 1 is 1.03 bits per heavy atom. The van der Waals surface area contributed by atoms with Crippen molar-refractivity contribution < 1.29 is 42.4 Å². The van der Waals surface area contributed by atoms with Crippen molar-refractivity contribution in [2.75, 3.05) is 26.9 Å². The number of rotatable bonds is 13. The van der Waals surface area contributed by atoms with Gasteiger partial charge in [0.1, 0.15) is 17.3 Å². The molecule has 0 amide bonds. The number of nitrogens with one attached hydrogen (secondary N) is 1. The highest BCUT2D eigenvalue weighted by Crippen LogP contribution is 2.26. The number of hydrogen-bond donors (Lipinski definition) is 4. The maximum Gasteiger partial charge on any atom is 0.328 e. The topological polar surface area (TPSA) is 174 Å². The first-order valence-corrected chi connectivity index (χ1v) is 12.4. The summed E-state index contributed by atoms with van der Waals surface area (Å²) in [5.41, 5.74) is 0.854. The molecule has 11 nitrogen and oxygen atoms in total. The van der Waals surface area contributed by atoms with E-state index in [4.69, 9.17) is 29.6 Å². The van der Waals surface area contributed by atoms with Crippen LogP contribution in [0.5, 0.6) is 17.2 Å². The van der Waals surface area contributed by atoms with Gasteiger partial charge in [0, 0.05) is 24.7 Å². The van der Waals surface area contributed by atoms with Gasteiger partial charge in [-0.2, -0.15) is 0 Å². The van der Waals surface area contributed by atoms with E-state index in [9.17, 15) is 18.0 Å². The molecular formula is C24H32N2O9S. The number of primary sulfonamides is 1. The molecule has 0 saturated carbocycles. The molecule has 0 saturated heterocycles. The fourth-order valence-corrected chi connectivity index (χ4v) is 3.70. The van der Waals surface area contributed by atoms with Gasteiger partial charge in [-0.1, -0.05) is 18.2 Å². The van der Waals surface area contributed by atoms with E-state index in [1.807, 2.05) is 44.2 Å². The minimum atomic E-state index is -3.84. The molecular weight excluding hydrogens is 492 g/mol. The van der Waals surface area contributed by atoms with Crippen LogP contribution in [0.15, 0.2) is 59.5 Å². The summed E-state index contributed by atoms with van der Waals surface area (Å²) in [6, 6.07) is 12.7. The molecule has 0 aliphatic heterocycles. The number of aliphatic carboxylic acids is 2. The van der Waals surface area contributed by atoms with Gasteiger partial charge in [0.05, 0.1) is 13.7 Å². The fraction of sp³-hybridized carbons (Fsp3) is 0.333. The second-order valence-electron chi connectivity index (χ2n) is 7.33. The lowest BCUT2D eigenvalue weighted by atomic mass is 10.1. The third-order valence-electron chi connectivity index (χ3n) is 4.45. The van der Waals surface area contributed by atoms with Gasteiger partial charge in [-0.15, -0.1) is 0 Å². The molecule has 2 aromatic rings. The summed E-state index contributed by atoms with van der Waals surface area (Å²) >= 11 is 0. The van der Waals surface area contributed by atoms with Crippen molar-refractivity contribution >= 4 is 22.0 Å². The normalized spacial score (nSPS) is 11.8. The SMILES string of the molecule is CCOc1ccccc1OCCN[C@H](C)Cc1ccc(OC)c(S(N)(=O)=O)c1.O=C(O)/C=C/C(=O)O. The van der Waals surface area contributed by atoms with E-state index < -0.39 is 22.0 Å². The van der Waals surface area contributed by atoms with E-state index in [1.165, 1.54) is 7.11 Å². The monoisotopic (exact) mass is 524 g/mol. The number of para-hydroxylation sites is 2. The third-order valence-corrected chi connectivity index (χ3v) is 5.38. The second kappa shape index (κ2) is 15.4. The van der Waals surface area contributed by atoms with Crippen LogP contribution in [-0.2, 0) is 26.0 Å². The van der Waals surface area contributed by atoms with Gasteiger partial charge in [-0.25, -0.2) is 23.1 Å². The summed E-state index contributed by atoms with van der Waals surface area (Å²) in [4.78, 5) is 19.1. The van der Waals surface area contributed by atoms with Crippen molar-refractivity contribution in [3.8, 4) is 17.2 Å². The zero-order valence-electron chi connectivity index (χ0n) is 20.3. The minimum Gasteiger partial charge on any atom is -0.495 e. The third kappa shape index (κ3) is 11.7. The van der Waals surface area contributed by atoms with Crippen LogP contribution in [0, 0.1) is 0 Å². The molecule has 0 unspecified atom stereocenters. The van der Waals surface area contributed by atoms with Crippen molar-refractivity contribution in [2.45, 2.75) is 31.2 Å². The van der Waals surface area contributed by atoms with Crippen LogP contribution in [-0.4, -0.2) is 63.5 Å². The number of sulfonamides is 1. The number of methoxy groups -OCH3 is 1. The lowest BCUT2D eigenvalue weighted by Crippen LogP contribution is -2.32. The second-order valence-corrected chi connectivity index (χ2v) is 8.86. The lowest BCUT2D eigenvalue weighted by molar-refractivity contribution is -0.134. The average Bonchev–Trinajstić information content (AvgIpc) is 2.81. The Kier molecular flexibility index (Phi) is 13.0. The van der Waals surface area contributed by atoms with E-state index in [0.29, 0.717) is 44.1 Å². The number of carboxylic acids is 2. The van der Waals surface area contributed by atoms with Gasteiger partial charge in [0.15, 0.2) is 11.5 Å². The minimum absolute atomic E-state index is 0.00411. The molecule has 36 heavy (non-hydrogen) atoms. The number of ether oxygens (including phenoxy) is 3. The Morgan fingerprint density at radius 3 is 2.11 bits per heavy atom. The van der Waals surface area contributed by atoms with Crippen LogP contribution in [0.2, 0.25) is 0 Å².